The van der Waals surface area contributed by atoms with Crippen molar-refractivity contribution in [3.63, 3.8) is 0 Å². The molecule has 0 radical (unpaired) electrons. The molecule has 2 aromatic heterocycles. The molecule has 0 atom stereocenters. The summed E-state index contributed by atoms with van der Waals surface area (Å²) < 4.78 is 0.548. The highest BCUT2D eigenvalue weighted by Crippen LogP contribution is 2.30. The molecule has 0 bridgehead atoms. The molecule has 92 valence electrons. The lowest BCUT2D eigenvalue weighted by atomic mass is 10.3. The quantitative estimate of drug-likeness (QED) is 0.864. The first kappa shape index (κ1) is 11.8. The smallest absolute Gasteiger partial charge is 0.260 e. The number of rotatable bonds is 2. The van der Waals surface area contributed by atoms with E-state index in [1.165, 1.54) is 11.3 Å². The minimum Gasteiger partial charge on any atom is -0.298 e. The summed E-state index contributed by atoms with van der Waals surface area (Å²) in [6.07, 6.45) is 4.92. The van der Waals surface area contributed by atoms with E-state index in [9.17, 15) is 4.79 Å². The van der Waals surface area contributed by atoms with E-state index < -0.39 is 0 Å². The Labute approximate surface area is 117 Å². The third-order valence-electron chi connectivity index (χ3n) is 2.82. The van der Waals surface area contributed by atoms with Crippen LogP contribution < -0.4 is 5.32 Å². The highest BCUT2D eigenvalue weighted by Gasteiger charge is 2.18. The Morgan fingerprint density at radius 2 is 2.33 bits per heavy atom. The fraction of sp³-hybridized carbons (Fsp3) is 0.250. The van der Waals surface area contributed by atoms with Crippen LogP contribution in [0.3, 0.4) is 0 Å². The van der Waals surface area contributed by atoms with Crippen LogP contribution in [0.1, 0.15) is 27.3 Å². The van der Waals surface area contributed by atoms with Gasteiger partial charge >= 0.3 is 0 Å². The van der Waals surface area contributed by atoms with Gasteiger partial charge in [0, 0.05) is 11.1 Å². The number of hydrogen-bond donors (Lipinski definition) is 1. The van der Waals surface area contributed by atoms with Gasteiger partial charge in [-0.2, -0.15) is 0 Å². The number of hydrogen-bond acceptors (Lipinski definition) is 4. The fourth-order valence-corrected chi connectivity index (χ4v) is 3.44. The summed E-state index contributed by atoms with van der Waals surface area (Å²) in [7, 11) is 0. The van der Waals surface area contributed by atoms with Gasteiger partial charge in [-0.05, 0) is 47.3 Å². The fourth-order valence-electron chi connectivity index (χ4n) is 1.96. The number of aromatic nitrogens is 2. The second kappa shape index (κ2) is 4.78. The van der Waals surface area contributed by atoms with Crippen molar-refractivity contribution in [2.24, 2.45) is 0 Å². The van der Waals surface area contributed by atoms with E-state index in [2.05, 4.69) is 31.2 Å². The van der Waals surface area contributed by atoms with Crippen LogP contribution in [0.2, 0.25) is 0 Å². The maximum Gasteiger partial charge on any atom is 0.260 e. The predicted molar refractivity (Wildman–Crippen MR) is 74.0 cm³/mol. The molecule has 2 aromatic rings. The van der Waals surface area contributed by atoms with Crippen molar-refractivity contribution >= 4 is 38.3 Å². The maximum absolute atomic E-state index is 12.0. The lowest BCUT2D eigenvalue weighted by Crippen LogP contribution is -2.12. The number of fused-ring (bicyclic) bond motifs is 1. The summed E-state index contributed by atoms with van der Waals surface area (Å²) in [5.41, 5.74) is 1.66. The zero-order valence-corrected chi connectivity index (χ0v) is 11.8. The van der Waals surface area contributed by atoms with Gasteiger partial charge in [0.15, 0.2) is 5.13 Å². The highest BCUT2D eigenvalue weighted by molar-refractivity contribution is 9.10. The Balaban J connectivity index is 1.80. The molecule has 0 saturated heterocycles. The minimum atomic E-state index is -0.178. The first-order valence-electron chi connectivity index (χ1n) is 5.64. The van der Waals surface area contributed by atoms with E-state index >= 15 is 0 Å². The monoisotopic (exact) mass is 323 g/mol. The Morgan fingerprint density at radius 1 is 1.44 bits per heavy atom. The first-order chi connectivity index (χ1) is 8.74. The molecule has 1 N–H and O–H groups in total. The van der Waals surface area contributed by atoms with Gasteiger partial charge in [-0.15, -0.1) is 11.3 Å². The van der Waals surface area contributed by atoms with Gasteiger partial charge in [-0.1, -0.05) is 0 Å². The number of halogens is 1. The molecule has 0 spiro atoms. The molecule has 0 aromatic carbocycles. The molecule has 0 unspecified atom stereocenters. The molecule has 6 heteroatoms. The van der Waals surface area contributed by atoms with Crippen LogP contribution in [0, 0.1) is 0 Å². The van der Waals surface area contributed by atoms with Crippen LogP contribution in [-0.2, 0) is 12.8 Å². The molecule has 1 amide bonds. The normalized spacial score (nSPS) is 13.4. The van der Waals surface area contributed by atoms with Gasteiger partial charge in [-0.25, -0.2) is 9.97 Å². The molecule has 1 aliphatic carbocycles. The highest BCUT2D eigenvalue weighted by atomic mass is 79.9. The van der Waals surface area contributed by atoms with E-state index in [-0.39, 0.29) is 5.91 Å². The van der Waals surface area contributed by atoms with Crippen LogP contribution in [-0.4, -0.2) is 15.9 Å². The zero-order valence-electron chi connectivity index (χ0n) is 9.44. The number of pyridine rings is 1. The van der Waals surface area contributed by atoms with Gasteiger partial charge in [0.05, 0.1) is 11.3 Å². The van der Waals surface area contributed by atoms with Crippen LogP contribution >= 0.6 is 27.3 Å². The van der Waals surface area contributed by atoms with Gasteiger partial charge in [0.2, 0.25) is 0 Å². The standard InChI is InChI=1S/C12H10BrN3OS/c13-10-7(3-2-6-14-10)11(17)16-12-15-8-4-1-5-9(8)18-12/h2-3,6H,1,4-5H2,(H,15,16,17). The van der Waals surface area contributed by atoms with Gasteiger partial charge < -0.3 is 0 Å². The summed E-state index contributed by atoms with van der Waals surface area (Å²) in [5, 5.41) is 3.51. The van der Waals surface area contributed by atoms with E-state index in [0.29, 0.717) is 15.3 Å². The van der Waals surface area contributed by atoms with Crippen molar-refractivity contribution < 1.29 is 4.79 Å². The third kappa shape index (κ3) is 2.18. The summed E-state index contributed by atoms with van der Waals surface area (Å²) >= 11 is 4.84. The van der Waals surface area contributed by atoms with Crippen molar-refractivity contribution in [3.8, 4) is 0 Å². The largest absolute Gasteiger partial charge is 0.298 e. The number of amides is 1. The summed E-state index contributed by atoms with van der Waals surface area (Å²) in [4.78, 5) is 21.8. The predicted octanol–water partition coefficient (Wildman–Crippen LogP) is 3.04. The van der Waals surface area contributed by atoms with E-state index in [1.54, 1.807) is 29.7 Å². The maximum atomic E-state index is 12.0. The molecule has 0 saturated carbocycles. The van der Waals surface area contributed by atoms with Crippen LogP contribution in [0.5, 0.6) is 0 Å². The second-order valence-electron chi connectivity index (χ2n) is 4.04. The Kier molecular flexibility index (Phi) is 3.13. The van der Waals surface area contributed by atoms with Gasteiger partial charge in [0.25, 0.3) is 5.91 Å². The lowest BCUT2D eigenvalue weighted by molar-refractivity contribution is 0.102. The number of anilines is 1. The van der Waals surface area contributed by atoms with Crippen LogP contribution in [0.4, 0.5) is 5.13 Å². The molecule has 3 rings (SSSR count). The van der Waals surface area contributed by atoms with Gasteiger partial charge in [0.1, 0.15) is 4.60 Å². The van der Waals surface area contributed by atoms with Crippen molar-refractivity contribution in [2.75, 3.05) is 5.32 Å². The van der Waals surface area contributed by atoms with E-state index in [1.807, 2.05) is 0 Å². The summed E-state index contributed by atoms with van der Waals surface area (Å²) in [6.45, 7) is 0. The van der Waals surface area contributed by atoms with E-state index in [4.69, 9.17) is 0 Å². The first-order valence-corrected chi connectivity index (χ1v) is 7.25. The molecular formula is C12H10BrN3OS. The molecular weight excluding hydrogens is 314 g/mol. The summed E-state index contributed by atoms with van der Waals surface area (Å²) in [5.74, 6) is -0.178. The van der Waals surface area contributed by atoms with Crippen LogP contribution in [0.25, 0.3) is 0 Å². The van der Waals surface area contributed by atoms with Gasteiger partial charge in [-0.3, -0.25) is 10.1 Å². The number of carbonyl (C=O) groups excluding carboxylic acids is 1. The average molecular weight is 324 g/mol. The summed E-state index contributed by atoms with van der Waals surface area (Å²) in [6, 6.07) is 3.47. The number of nitrogens with zero attached hydrogens (tertiary/aromatic N) is 2. The molecule has 1 aliphatic rings. The molecule has 0 aliphatic heterocycles. The average Bonchev–Trinajstić information content (AvgIpc) is 2.90. The van der Waals surface area contributed by atoms with Crippen molar-refractivity contribution in [3.05, 3.63) is 39.1 Å². The SMILES string of the molecule is O=C(Nc1nc2c(s1)CCC2)c1cccnc1Br. The number of thiazole rings is 1. The van der Waals surface area contributed by atoms with Crippen molar-refractivity contribution in [2.45, 2.75) is 19.3 Å². The van der Waals surface area contributed by atoms with Crippen molar-refractivity contribution in [1.29, 1.82) is 0 Å². The lowest BCUT2D eigenvalue weighted by Gasteiger charge is -2.02. The van der Waals surface area contributed by atoms with Crippen molar-refractivity contribution in [1.82, 2.24) is 9.97 Å². The minimum absolute atomic E-state index is 0.178. The zero-order chi connectivity index (χ0) is 12.5. The molecule has 18 heavy (non-hydrogen) atoms. The Hall–Kier alpha value is -1.27. The number of carbonyl (C=O) groups is 1. The molecule has 2 heterocycles. The Bertz CT molecular complexity index is 590. The number of nitrogens with one attached hydrogen (secondary N) is 1. The van der Waals surface area contributed by atoms with E-state index in [0.717, 1.165) is 18.5 Å². The Morgan fingerprint density at radius 3 is 3.11 bits per heavy atom. The molecule has 0 fully saturated rings. The third-order valence-corrected chi connectivity index (χ3v) is 4.52. The molecule has 4 nitrogen and oxygen atoms in total. The van der Waals surface area contributed by atoms with Crippen LogP contribution in [0.15, 0.2) is 22.9 Å². The topological polar surface area (TPSA) is 54.9 Å². The number of aryl methyl sites for hydroxylation is 2. The second-order valence-corrected chi connectivity index (χ2v) is 5.87.